The van der Waals surface area contributed by atoms with Gasteiger partial charge in [0.15, 0.2) is 0 Å². The number of nitrogens with zero attached hydrogens (tertiary/aromatic N) is 2. The highest BCUT2D eigenvalue weighted by atomic mass is 32.2. The molecule has 2 aromatic carbocycles. The zero-order chi connectivity index (χ0) is 22.6. The van der Waals surface area contributed by atoms with E-state index >= 15 is 0 Å². The molecule has 0 aromatic heterocycles. The number of hydrogen-bond acceptors (Lipinski definition) is 3. The third kappa shape index (κ3) is 5.63. The monoisotopic (exact) mass is 440 g/mol. The third-order valence-corrected chi connectivity index (χ3v) is 7.56. The van der Waals surface area contributed by atoms with Crippen LogP contribution in [-0.2, 0) is 16.6 Å². The van der Waals surface area contributed by atoms with Crippen LogP contribution in [-0.4, -0.2) is 43.2 Å². The molecule has 1 fully saturated rings. The number of benzene rings is 2. The quantitative estimate of drug-likeness (QED) is 0.590. The summed E-state index contributed by atoms with van der Waals surface area (Å²) in [4.78, 5) is 15.1. The lowest BCUT2D eigenvalue weighted by Crippen LogP contribution is -2.43. The molecule has 2 aromatic rings. The molecule has 6 heteroatoms. The van der Waals surface area contributed by atoms with E-state index in [1.54, 1.807) is 42.5 Å². The van der Waals surface area contributed by atoms with Gasteiger partial charge in [0.2, 0.25) is 10.0 Å². The lowest BCUT2D eigenvalue weighted by molar-refractivity contribution is 0.0583. The van der Waals surface area contributed by atoms with Crippen molar-refractivity contribution in [2.24, 2.45) is 5.41 Å². The fraction of sp³-hybridized carbons (Fsp3) is 0.400. The zero-order valence-electron chi connectivity index (χ0n) is 18.7. The molecule has 0 unspecified atom stereocenters. The fourth-order valence-electron chi connectivity index (χ4n) is 3.99. The summed E-state index contributed by atoms with van der Waals surface area (Å²) in [6.45, 7) is 12.0. The van der Waals surface area contributed by atoms with Crippen molar-refractivity contribution in [3.63, 3.8) is 0 Å². The Kier molecular flexibility index (Phi) is 7.02. The molecule has 1 amide bonds. The van der Waals surface area contributed by atoms with E-state index in [-0.39, 0.29) is 29.3 Å². The minimum atomic E-state index is -3.65. The van der Waals surface area contributed by atoms with Crippen LogP contribution in [0.5, 0.6) is 0 Å². The first-order chi connectivity index (χ1) is 14.6. The van der Waals surface area contributed by atoms with Crippen molar-refractivity contribution in [3.8, 4) is 0 Å². The van der Waals surface area contributed by atoms with Gasteiger partial charge < -0.3 is 4.90 Å². The number of rotatable bonds is 7. The fourth-order valence-corrected chi connectivity index (χ4v) is 5.39. The van der Waals surface area contributed by atoms with Gasteiger partial charge in [-0.3, -0.25) is 4.79 Å². The van der Waals surface area contributed by atoms with Gasteiger partial charge in [0, 0.05) is 31.7 Å². The Labute approximate surface area is 186 Å². The molecule has 1 aliphatic heterocycles. The second-order valence-corrected chi connectivity index (χ2v) is 11.0. The molecule has 0 radical (unpaired) electrons. The molecule has 0 bridgehead atoms. The minimum absolute atomic E-state index is 0.0366. The van der Waals surface area contributed by atoms with Crippen molar-refractivity contribution < 1.29 is 13.2 Å². The second-order valence-electron chi connectivity index (χ2n) is 9.09. The Bertz CT molecular complexity index is 1030. The Morgan fingerprint density at radius 2 is 1.77 bits per heavy atom. The predicted molar refractivity (Wildman–Crippen MR) is 124 cm³/mol. The van der Waals surface area contributed by atoms with Crippen LogP contribution in [0.4, 0.5) is 0 Å². The highest BCUT2D eigenvalue weighted by molar-refractivity contribution is 7.89. The Hall–Kier alpha value is -2.44. The number of hydrogen-bond donors (Lipinski definition) is 0. The Morgan fingerprint density at radius 1 is 1.13 bits per heavy atom. The minimum Gasteiger partial charge on any atom is -0.338 e. The van der Waals surface area contributed by atoms with Crippen LogP contribution in [0.1, 0.15) is 48.2 Å². The molecule has 1 saturated heterocycles. The average Bonchev–Trinajstić information content (AvgIpc) is 2.73. The molecule has 1 heterocycles. The number of likely N-dealkylation sites (tertiary alicyclic amines) is 1. The van der Waals surface area contributed by atoms with Crippen molar-refractivity contribution in [2.75, 3.05) is 19.6 Å². The topological polar surface area (TPSA) is 57.7 Å². The maximum atomic E-state index is 13.1. The molecule has 0 N–H and O–H groups in total. The maximum absolute atomic E-state index is 13.1. The van der Waals surface area contributed by atoms with Gasteiger partial charge >= 0.3 is 0 Å². The molecule has 3 rings (SSSR count). The maximum Gasteiger partial charge on any atom is 0.253 e. The van der Waals surface area contributed by atoms with Crippen LogP contribution in [0, 0.1) is 12.3 Å². The van der Waals surface area contributed by atoms with Crippen molar-refractivity contribution in [3.05, 3.63) is 77.9 Å². The van der Waals surface area contributed by atoms with Crippen LogP contribution in [0.25, 0.3) is 0 Å². The van der Waals surface area contributed by atoms with Crippen LogP contribution in [0.2, 0.25) is 0 Å². The lowest BCUT2D eigenvalue weighted by atomic mass is 9.84. The molecule has 0 aliphatic carbocycles. The Balaban J connectivity index is 1.75. The van der Waals surface area contributed by atoms with E-state index in [1.165, 1.54) is 4.31 Å². The number of sulfonamides is 1. The summed E-state index contributed by atoms with van der Waals surface area (Å²) < 4.78 is 27.6. The van der Waals surface area contributed by atoms with Crippen LogP contribution >= 0.6 is 0 Å². The van der Waals surface area contributed by atoms with Gasteiger partial charge in [0.1, 0.15) is 0 Å². The van der Waals surface area contributed by atoms with Gasteiger partial charge in [0.25, 0.3) is 5.91 Å². The smallest absolute Gasteiger partial charge is 0.253 e. The van der Waals surface area contributed by atoms with Crippen molar-refractivity contribution in [1.82, 2.24) is 9.21 Å². The zero-order valence-corrected chi connectivity index (χ0v) is 19.5. The van der Waals surface area contributed by atoms with E-state index < -0.39 is 10.0 Å². The van der Waals surface area contributed by atoms with Crippen LogP contribution < -0.4 is 0 Å². The van der Waals surface area contributed by atoms with Gasteiger partial charge in [-0.2, -0.15) is 4.31 Å². The SMILES string of the molecule is C=CCN(Cc1ccc(C(=O)N2CCCC(C)(C)C2)cc1)S(=O)(=O)c1ccc(C)cc1. The highest BCUT2D eigenvalue weighted by Crippen LogP contribution is 2.29. The van der Waals surface area contributed by atoms with Crippen molar-refractivity contribution in [1.29, 1.82) is 0 Å². The number of amides is 1. The largest absolute Gasteiger partial charge is 0.338 e. The molecule has 31 heavy (non-hydrogen) atoms. The van der Waals surface area contributed by atoms with Crippen molar-refractivity contribution >= 4 is 15.9 Å². The summed E-state index contributed by atoms with van der Waals surface area (Å²) in [6.07, 6.45) is 3.73. The van der Waals surface area contributed by atoms with Crippen LogP contribution in [0.3, 0.4) is 0 Å². The van der Waals surface area contributed by atoms with Gasteiger partial charge in [-0.15, -0.1) is 6.58 Å². The molecular formula is C25H32N2O3S. The van der Waals surface area contributed by atoms with Crippen LogP contribution in [0.15, 0.2) is 66.1 Å². The summed E-state index contributed by atoms with van der Waals surface area (Å²) in [7, 11) is -3.65. The average molecular weight is 441 g/mol. The Morgan fingerprint density at radius 3 is 2.35 bits per heavy atom. The molecule has 0 atom stereocenters. The van der Waals surface area contributed by atoms with E-state index in [1.807, 2.05) is 24.0 Å². The standard InChI is InChI=1S/C25H32N2O3S/c1-5-16-27(31(29,30)23-13-7-20(2)8-14-23)18-21-9-11-22(12-10-21)24(28)26-17-6-15-25(3,4)19-26/h5,7-14H,1,6,15-19H2,2-4H3. The van der Waals surface area contributed by atoms with E-state index in [0.717, 1.165) is 37.1 Å². The lowest BCUT2D eigenvalue weighted by Gasteiger charge is -2.38. The highest BCUT2D eigenvalue weighted by Gasteiger charge is 2.29. The van der Waals surface area contributed by atoms with E-state index in [9.17, 15) is 13.2 Å². The predicted octanol–water partition coefficient (Wildman–Crippen LogP) is 4.63. The first-order valence-electron chi connectivity index (χ1n) is 10.7. The molecular weight excluding hydrogens is 408 g/mol. The van der Waals surface area contributed by atoms with E-state index in [4.69, 9.17) is 0 Å². The first kappa shape index (κ1) is 23.2. The van der Waals surface area contributed by atoms with Gasteiger partial charge in [-0.05, 0) is 55.0 Å². The van der Waals surface area contributed by atoms with Gasteiger partial charge in [-0.25, -0.2) is 8.42 Å². The summed E-state index contributed by atoms with van der Waals surface area (Å²) in [5.74, 6) is 0.0366. The molecule has 5 nitrogen and oxygen atoms in total. The normalized spacial score (nSPS) is 16.3. The van der Waals surface area contributed by atoms with E-state index in [2.05, 4.69) is 20.4 Å². The summed E-state index contributed by atoms with van der Waals surface area (Å²) in [5, 5.41) is 0. The summed E-state index contributed by atoms with van der Waals surface area (Å²) in [6, 6.07) is 14.1. The van der Waals surface area contributed by atoms with Gasteiger partial charge in [-0.1, -0.05) is 49.8 Å². The van der Waals surface area contributed by atoms with E-state index in [0.29, 0.717) is 5.56 Å². The number of aryl methyl sites for hydroxylation is 1. The molecule has 166 valence electrons. The molecule has 0 saturated carbocycles. The number of carbonyl (C=O) groups is 1. The number of piperidine rings is 1. The molecule has 1 aliphatic rings. The first-order valence-corrected chi connectivity index (χ1v) is 12.1. The summed E-state index contributed by atoms with van der Waals surface area (Å²) >= 11 is 0. The van der Waals surface area contributed by atoms with Gasteiger partial charge in [0.05, 0.1) is 4.90 Å². The second kappa shape index (κ2) is 9.37. The third-order valence-electron chi connectivity index (χ3n) is 5.74. The summed E-state index contributed by atoms with van der Waals surface area (Å²) in [5.41, 5.74) is 2.61. The molecule has 0 spiro atoms. The van der Waals surface area contributed by atoms with Crippen molar-refractivity contribution in [2.45, 2.75) is 45.1 Å². The number of carbonyl (C=O) groups excluding carboxylic acids is 1.